The van der Waals surface area contributed by atoms with Gasteiger partial charge in [-0.25, -0.2) is 4.79 Å². The smallest absolute Gasteiger partial charge is 0.328 e. The van der Waals surface area contributed by atoms with Gasteiger partial charge in [0.1, 0.15) is 12.1 Å². The van der Waals surface area contributed by atoms with Crippen molar-refractivity contribution < 1.29 is 23.9 Å². The summed E-state index contributed by atoms with van der Waals surface area (Å²) in [5.41, 5.74) is 0.570. The fourth-order valence-corrected chi connectivity index (χ4v) is 3.26. The molecule has 0 aromatic heterocycles. The van der Waals surface area contributed by atoms with E-state index >= 15 is 0 Å². The van der Waals surface area contributed by atoms with Gasteiger partial charge in [-0.15, -0.1) is 0 Å². The molecule has 7 heteroatoms. The van der Waals surface area contributed by atoms with Crippen molar-refractivity contribution >= 4 is 23.7 Å². The molecule has 1 aromatic carbocycles. The molecule has 3 amide bonds. The van der Waals surface area contributed by atoms with Crippen LogP contribution in [0.25, 0.3) is 0 Å². The Hall–Kier alpha value is -2.70. The van der Waals surface area contributed by atoms with Gasteiger partial charge >= 0.3 is 5.97 Å². The minimum atomic E-state index is -1.02. The van der Waals surface area contributed by atoms with Crippen LogP contribution < -0.4 is 5.32 Å². The molecule has 1 aromatic rings. The molecule has 1 aliphatic rings. The van der Waals surface area contributed by atoms with E-state index in [1.165, 1.54) is 7.11 Å². The zero-order chi connectivity index (χ0) is 20.3. The first kappa shape index (κ1) is 20.6. The van der Waals surface area contributed by atoms with E-state index in [1.54, 1.807) is 38.1 Å². The number of benzene rings is 1. The lowest BCUT2D eigenvalue weighted by Gasteiger charge is -2.30. The van der Waals surface area contributed by atoms with Crippen LogP contribution in [-0.4, -0.2) is 47.8 Å². The molecule has 1 heterocycles. The molecule has 1 aliphatic heterocycles. The van der Waals surface area contributed by atoms with Crippen LogP contribution in [0.5, 0.6) is 0 Å². The molecule has 0 saturated carbocycles. The second-order valence-electron chi connectivity index (χ2n) is 7.43. The maximum atomic E-state index is 13.0. The van der Waals surface area contributed by atoms with Gasteiger partial charge in [0.25, 0.3) is 11.8 Å². The van der Waals surface area contributed by atoms with Crippen molar-refractivity contribution in [2.24, 2.45) is 11.8 Å². The molecule has 27 heavy (non-hydrogen) atoms. The third-order valence-electron chi connectivity index (χ3n) is 4.51. The first-order valence-corrected chi connectivity index (χ1v) is 9.04. The number of hydrogen-bond donors (Lipinski definition) is 1. The molecule has 2 rings (SSSR count). The quantitative estimate of drug-likeness (QED) is 0.582. The lowest BCUT2D eigenvalue weighted by molar-refractivity contribution is -0.146. The first-order valence-electron chi connectivity index (χ1n) is 9.04. The van der Waals surface area contributed by atoms with Gasteiger partial charge < -0.3 is 10.1 Å². The lowest BCUT2D eigenvalue weighted by Crippen LogP contribution is -2.55. The van der Waals surface area contributed by atoms with Crippen LogP contribution in [0, 0.1) is 11.8 Å². The van der Waals surface area contributed by atoms with Crippen molar-refractivity contribution in [2.45, 2.75) is 46.2 Å². The van der Waals surface area contributed by atoms with E-state index in [-0.39, 0.29) is 23.0 Å². The van der Waals surface area contributed by atoms with E-state index in [1.807, 2.05) is 13.8 Å². The zero-order valence-electron chi connectivity index (χ0n) is 16.3. The highest BCUT2D eigenvalue weighted by Crippen LogP contribution is 2.27. The monoisotopic (exact) mass is 374 g/mol. The number of rotatable bonds is 7. The molecule has 0 radical (unpaired) electrons. The van der Waals surface area contributed by atoms with Crippen molar-refractivity contribution in [3.63, 3.8) is 0 Å². The summed E-state index contributed by atoms with van der Waals surface area (Å²) in [6.45, 7) is 7.35. The van der Waals surface area contributed by atoms with Crippen LogP contribution in [0.2, 0.25) is 0 Å². The molecular formula is C20H26N2O5. The number of amides is 3. The molecule has 0 spiro atoms. The van der Waals surface area contributed by atoms with Crippen LogP contribution in [0.4, 0.5) is 0 Å². The Morgan fingerprint density at radius 2 is 1.56 bits per heavy atom. The van der Waals surface area contributed by atoms with Crippen LogP contribution in [0.3, 0.4) is 0 Å². The molecule has 0 unspecified atom stereocenters. The van der Waals surface area contributed by atoms with E-state index in [0.29, 0.717) is 6.42 Å². The maximum absolute atomic E-state index is 13.0. The molecule has 0 fully saturated rings. The summed E-state index contributed by atoms with van der Waals surface area (Å²) < 4.78 is 4.77. The number of nitrogens with zero attached hydrogens (tertiary/aromatic N) is 1. The Morgan fingerprint density at radius 3 is 1.96 bits per heavy atom. The number of esters is 1. The van der Waals surface area contributed by atoms with Gasteiger partial charge in [0.05, 0.1) is 18.2 Å². The first-order chi connectivity index (χ1) is 12.7. The lowest BCUT2D eigenvalue weighted by atomic mass is 9.99. The number of carbonyl (C=O) groups excluding carboxylic acids is 4. The summed E-state index contributed by atoms with van der Waals surface area (Å²) in [5, 5.41) is 2.67. The van der Waals surface area contributed by atoms with Crippen molar-refractivity contribution in [3.8, 4) is 0 Å². The SMILES string of the molecule is COC(=O)[C@@H](CC(C)C)NC(=O)[C@@H](C(C)C)N1C(=O)c2ccccc2C1=O. The summed E-state index contributed by atoms with van der Waals surface area (Å²) in [6.07, 6.45) is 0.394. The predicted octanol–water partition coefficient (Wildman–Crippen LogP) is 2.01. The summed E-state index contributed by atoms with van der Waals surface area (Å²) in [4.78, 5) is 51.5. The molecule has 7 nitrogen and oxygen atoms in total. The van der Waals surface area contributed by atoms with Gasteiger partial charge in [0.15, 0.2) is 0 Å². The third kappa shape index (κ3) is 4.18. The normalized spacial score (nSPS) is 15.7. The molecule has 0 aliphatic carbocycles. The highest BCUT2D eigenvalue weighted by Gasteiger charge is 2.44. The minimum absolute atomic E-state index is 0.145. The van der Waals surface area contributed by atoms with Gasteiger partial charge in [-0.3, -0.25) is 19.3 Å². The molecule has 2 atom stereocenters. The molecule has 0 saturated heterocycles. The fourth-order valence-electron chi connectivity index (χ4n) is 3.26. The average Bonchev–Trinajstić information content (AvgIpc) is 2.85. The van der Waals surface area contributed by atoms with Crippen LogP contribution >= 0.6 is 0 Å². The Morgan fingerprint density at radius 1 is 1.04 bits per heavy atom. The van der Waals surface area contributed by atoms with E-state index in [0.717, 1.165) is 4.90 Å². The minimum Gasteiger partial charge on any atom is -0.467 e. The van der Waals surface area contributed by atoms with E-state index in [9.17, 15) is 19.2 Å². The number of hydrogen-bond acceptors (Lipinski definition) is 5. The molecule has 146 valence electrons. The summed E-state index contributed by atoms with van der Waals surface area (Å²) in [5.74, 6) is -2.28. The topological polar surface area (TPSA) is 92.8 Å². The van der Waals surface area contributed by atoms with E-state index in [4.69, 9.17) is 4.74 Å². The average molecular weight is 374 g/mol. The fraction of sp³-hybridized carbons (Fsp3) is 0.500. The second kappa shape index (κ2) is 8.33. The Kier molecular flexibility index (Phi) is 6.36. The van der Waals surface area contributed by atoms with E-state index < -0.39 is 35.8 Å². The Balaban J connectivity index is 2.29. The van der Waals surface area contributed by atoms with Gasteiger partial charge in [-0.05, 0) is 30.4 Å². The van der Waals surface area contributed by atoms with Crippen LogP contribution in [-0.2, 0) is 14.3 Å². The zero-order valence-corrected chi connectivity index (χ0v) is 16.3. The third-order valence-corrected chi connectivity index (χ3v) is 4.51. The number of fused-ring (bicyclic) bond motifs is 1. The van der Waals surface area contributed by atoms with E-state index in [2.05, 4.69) is 5.32 Å². The predicted molar refractivity (Wildman–Crippen MR) is 99.0 cm³/mol. The van der Waals surface area contributed by atoms with Gasteiger partial charge in [-0.2, -0.15) is 0 Å². The summed E-state index contributed by atoms with van der Waals surface area (Å²) in [6, 6.07) is 4.64. The number of carbonyl (C=O) groups is 4. The number of nitrogens with one attached hydrogen (secondary N) is 1. The largest absolute Gasteiger partial charge is 0.467 e. The van der Waals surface area contributed by atoms with Crippen LogP contribution in [0.1, 0.15) is 54.8 Å². The molecular weight excluding hydrogens is 348 g/mol. The van der Waals surface area contributed by atoms with Crippen molar-refractivity contribution in [2.75, 3.05) is 7.11 Å². The van der Waals surface area contributed by atoms with Gasteiger partial charge in [0, 0.05) is 0 Å². The van der Waals surface area contributed by atoms with Crippen LogP contribution in [0.15, 0.2) is 24.3 Å². The maximum Gasteiger partial charge on any atom is 0.328 e. The summed E-state index contributed by atoms with van der Waals surface area (Å²) in [7, 11) is 1.26. The van der Waals surface area contributed by atoms with Crippen molar-refractivity contribution in [1.82, 2.24) is 10.2 Å². The highest BCUT2D eigenvalue weighted by molar-refractivity contribution is 6.22. The number of imide groups is 1. The Bertz CT molecular complexity index is 721. The van der Waals surface area contributed by atoms with Crippen molar-refractivity contribution in [1.29, 1.82) is 0 Å². The molecule has 0 bridgehead atoms. The Labute approximate surface area is 159 Å². The van der Waals surface area contributed by atoms with Gasteiger partial charge in [-0.1, -0.05) is 39.8 Å². The number of methoxy groups -OCH3 is 1. The van der Waals surface area contributed by atoms with Crippen molar-refractivity contribution in [3.05, 3.63) is 35.4 Å². The standard InChI is InChI=1S/C20H26N2O5/c1-11(2)10-15(20(26)27-5)21-17(23)16(12(3)4)22-18(24)13-8-6-7-9-14(13)19(22)25/h6-9,11-12,15-16H,10H2,1-5H3,(H,21,23)/t15-,16-/m1/s1. The highest BCUT2D eigenvalue weighted by atomic mass is 16.5. The number of ether oxygens (including phenoxy) is 1. The van der Waals surface area contributed by atoms with Gasteiger partial charge in [0.2, 0.25) is 5.91 Å². The summed E-state index contributed by atoms with van der Waals surface area (Å²) >= 11 is 0. The second-order valence-corrected chi connectivity index (χ2v) is 7.43. The molecule has 1 N–H and O–H groups in total.